The lowest BCUT2D eigenvalue weighted by atomic mass is 9.85. The van der Waals surface area contributed by atoms with Gasteiger partial charge in [-0.3, -0.25) is 4.79 Å². The Labute approximate surface area is 189 Å². The Hall–Kier alpha value is -2.64. The fourth-order valence-electron chi connectivity index (χ4n) is 4.05. The van der Waals surface area contributed by atoms with Crippen LogP contribution in [0.1, 0.15) is 56.7 Å². The molecule has 0 saturated carbocycles. The Kier molecular flexibility index (Phi) is 6.16. The number of fused-ring (bicyclic) bond motifs is 1. The number of aromatic nitrogens is 1. The average molecular weight is 459 g/mol. The van der Waals surface area contributed by atoms with E-state index in [1.54, 1.807) is 25.1 Å². The van der Waals surface area contributed by atoms with Crippen molar-refractivity contribution >= 4 is 39.8 Å². The number of esters is 1. The van der Waals surface area contributed by atoms with Crippen molar-refractivity contribution in [2.24, 2.45) is 5.92 Å². The molecule has 1 aliphatic carbocycles. The molecule has 4 rings (SSSR count). The van der Waals surface area contributed by atoms with E-state index in [1.807, 2.05) is 6.07 Å². The van der Waals surface area contributed by atoms with Crippen molar-refractivity contribution in [3.63, 3.8) is 0 Å². The maximum Gasteiger partial charge on any atom is 0.341 e. The third kappa shape index (κ3) is 4.00. The summed E-state index contributed by atoms with van der Waals surface area (Å²) in [7, 11) is 1.36. The van der Waals surface area contributed by atoms with Crippen LogP contribution < -0.4 is 5.32 Å². The molecule has 1 atom stereocenters. The average Bonchev–Trinajstić information content (AvgIpc) is 3.32. The maximum absolute atomic E-state index is 13.3. The molecule has 2 aromatic heterocycles. The number of carbonyl (C=O) groups excluding carboxylic acids is 2. The summed E-state index contributed by atoms with van der Waals surface area (Å²) >= 11 is 7.77. The fraction of sp³-hybridized carbons (Fsp3) is 0.348. The molecule has 2 heterocycles. The van der Waals surface area contributed by atoms with Crippen molar-refractivity contribution in [3.05, 3.63) is 56.6 Å². The molecule has 0 spiro atoms. The van der Waals surface area contributed by atoms with Gasteiger partial charge in [0.15, 0.2) is 0 Å². The first-order chi connectivity index (χ1) is 14.9. The molecule has 1 aromatic carbocycles. The second kappa shape index (κ2) is 8.85. The zero-order valence-corrected chi connectivity index (χ0v) is 19.2. The highest BCUT2D eigenvalue weighted by atomic mass is 35.5. The zero-order chi connectivity index (χ0) is 22.1. The van der Waals surface area contributed by atoms with E-state index in [0.29, 0.717) is 44.1 Å². The molecule has 6 nitrogen and oxygen atoms in total. The summed E-state index contributed by atoms with van der Waals surface area (Å²) in [5.41, 5.74) is 2.72. The van der Waals surface area contributed by atoms with Gasteiger partial charge in [0, 0.05) is 10.4 Å². The van der Waals surface area contributed by atoms with Crippen LogP contribution in [-0.2, 0) is 17.6 Å². The molecule has 1 unspecified atom stereocenters. The number of hydrogen-bond acceptors (Lipinski definition) is 6. The Morgan fingerprint density at radius 2 is 2.10 bits per heavy atom. The molecule has 0 bridgehead atoms. The van der Waals surface area contributed by atoms with Crippen molar-refractivity contribution < 1.29 is 18.8 Å². The normalized spacial score (nSPS) is 15.4. The molecule has 0 saturated heterocycles. The van der Waals surface area contributed by atoms with E-state index in [4.69, 9.17) is 20.9 Å². The molecule has 8 heteroatoms. The van der Waals surface area contributed by atoms with Gasteiger partial charge in [0.2, 0.25) is 0 Å². The highest BCUT2D eigenvalue weighted by Crippen LogP contribution is 2.41. The van der Waals surface area contributed by atoms with Gasteiger partial charge in [0.1, 0.15) is 22.0 Å². The molecular weight excluding hydrogens is 436 g/mol. The fourth-order valence-corrected chi connectivity index (χ4v) is 5.62. The maximum atomic E-state index is 13.3. The van der Waals surface area contributed by atoms with Crippen molar-refractivity contribution in [2.45, 2.75) is 39.5 Å². The Morgan fingerprint density at radius 3 is 2.81 bits per heavy atom. The van der Waals surface area contributed by atoms with E-state index in [2.05, 4.69) is 17.4 Å². The number of nitrogens with zero attached hydrogens (tertiary/aromatic N) is 1. The summed E-state index contributed by atoms with van der Waals surface area (Å²) in [6, 6.07) is 7.14. The minimum atomic E-state index is -0.434. The van der Waals surface area contributed by atoms with Crippen LogP contribution >= 0.6 is 22.9 Å². The first kappa shape index (κ1) is 21.6. The van der Waals surface area contributed by atoms with Crippen LogP contribution in [0.25, 0.3) is 11.3 Å². The second-order valence-corrected chi connectivity index (χ2v) is 9.13. The molecule has 162 valence electrons. The molecule has 0 radical (unpaired) electrons. The van der Waals surface area contributed by atoms with Gasteiger partial charge in [-0.15, -0.1) is 11.3 Å². The second-order valence-electron chi connectivity index (χ2n) is 7.61. The van der Waals surface area contributed by atoms with Crippen molar-refractivity contribution in [3.8, 4) is 11.3 Å². The smallest absolute Gasteiger partial charge is 0.341 e. The van der Waals surface area contributed by atoms with E-state index < -0.39 is 11.9 Å². The topological polar surface area (TPSA) is 81.4 Å². The Bertz CT molecular complexity index is 1150. The number of thiophene rings is 1. The summed E-state index contributed by atoms with van der Waals surface area (Å²) < 4.78 is 10.3. The van der Waals surface area contributed by atoms with Gasteiger partial charge in [0.25, 0.3) is 5.91 Å². The minimum Gasteiger partial charge on any atom is -0.465 e. The number of halogens is 1. The van der Waals surface area contributed by atoms with Gasteiger partial charge >= 0.3 is 5.97 Å². The summed E-state index contributed by atoms with van der Waals surface area (Å²) in [5, 5.41) is 7.96. The number of ether oxygens (including phenoxy) is 1. The lowest BCUT2D eigenvalue weighted by molar-refractivity contribution is 0.0601. The number of methoxy groups -OCH3 is 1. The van der Waals surface area contributed by atoms with Crippen LogP contribution in [0.2, 0.25) is 5.02 Å². The van der Waals surface area contributed by atoms with Crippen LogP contribution in [-0.4, -0.2) is 24.1 Å². The number of anilines is 1. The monoisotopic (exact) mass is 458 g/mol. The predicted octanol–water partition coefficient (Wildman–Crippen LogP) is 5.92. The number of amides is 1. The molecule has 3 aromatic rings. The zero-order valence-electron chi connectivity index (χ0n) is 17.6. The van der Waals surface area contributed by atoms with Crippen LogP contribution in [0.5, 0.6) is 0 Å². The third-order valence-electron chi connectivity index (χ3n) is 5.78. The number of hydrogen-bond donors (Lipinski definition) is 1. The lowest BCUT2D eigenvalue weighted by Gasteiger charge is -2.20. The molecule has 1 amide bonds. The van der Waals surface area contributed by atoms with Gasteiger partial charge in [-0.25, -0.2) is 4.79 Å². The third-order valence-corrected chi connectivity index (χ3v) is 7.28. The van der Waals surface area contributed by atoms with Crippen LogP contribution in [0.15, 0.2) is 28.8 Å². The van der Waals surface area contributed by atoms with Gasteiger partial charge in [-0.05, 0) is 43.7 Å². The Balaban J connectivity index is 1.72. The molecule has 1 aliphatic rings. The number of rotatable bonds is 5. The first-order valence-corrected chi connectivity index (χ1v) is 11.4. The number of carbonyl (C=O) groups is 2. The van der Waals surface area contributed by atoms with E-state index in [9.17, 15) is 9.59 Å². The van der Waals surface area contributed by atoms with Crippen molar-refractivity contribution in [1.82, 2.24) is 5.16 Å². The van der Waals surface area contributed by atoms with Gasteiger partial charge in [-0.2, -0.15) is 0 Å². The molecule has 1 N–H and O–H groups in total. The standard InChI is InChI=1S/C23H23ClN2O4S/c1-4-13-9-10-15-17(11-13)31-22(19(15)23(28)29-3)25-21(27)18-12(2)30-26-20(18)14-7-5-6-8-16(14)24/h5-8,13H,4,9-11H2,1-3H3,(H,25,27). The minimum absolute atomic E-state index is 0.293. The lowest BCUT2D eigenvalue weighted by Crippen LogP contribution is -2.17. The number of aryl methyl sites for hydroxylation is 1. The quantitative estimate of drug-likeness (QED) is 0.480. The van der Waals surface area contributed by atoms with E-state index >= 15 is 0 Å². The molecule has 0 fully saturated rings. The summed E-state index contributed by atoms with van der Waals surface area (Å²) in [5.74, 6) is 0.132. The van der Waals surface area contributed by atoms with Crippen molar-refractivity contribution in [1.29, 1.82) is 0 Å². The van der Waals surface area contributed by atoms with Crippen LogP contribution in [0, 0.1) is 12.8 Å². The number of benzene rings is 1. The number of nitrogens with one attached hydrogen (secondary N) is 1. The van der Waals surface area contributed by atoms with E-state index in [0.717, 1.165) is 36.1 Å². The summed E-state index contributed by atoms with van der Waals surface area (Å²) in [6.45, 7) is 3.85. The van der Waals surface area contributed by atoms with E-state index in [1.165, 1.54) is 18.4 Å². The van der Waals surface area contributed by atoms with Gasteiger partial charge in [-0.1, -0.05) is 48.3 Å². The molecular formula is C23H23ClN2O4S. The van der Waals surface area contributed by atoms with Crippen molar-refractivity contribution in [2.75, 3.05) is 12.4 Å². The van der Waals surface area contributed by atoms with Gasteiger partial charge in [0.05, 0.1) is 17.7 Å². The summed E-state index contributed by atoms with van der Waals surface area (Å²) in [6.07, 6.45) is 3.84. The summed E-state index contributed by atoms with van der Waals surface area (Å²) in [4.78, 5) is 27.0. The largest absolute Gasteiger partial charge is 0.465 e. The highest BCUT2D eigenvalue weighted by Gasteiger charge is 2.31. The predicted molar refractivity (Wildman–Crippen MR) is 121 cm³/mol. The van der Waals surface area contributed by atoms with Gasteiger partial charge < -0.3 is 14.6 Å². The molecule has 31 heavy (non-hydrogen) atoms. The molecule has 0 aliphatic heterocycles. The van der Waals surface area contributed by atoms with Crippen LogP contribution in [0.4, 0.5) is 5.00 Å². The highest BCUT2D eigenvalue weighted by molar-refractivity contribution is 7.17. The first-order valence-electron chi connectivity index (χ1n) is 10.2. The SMILES string of the molecule is CCC1CCc2c(sc(NC(=O)c3c(-c4ccccc4Cl)noc3C)c2C(=O)OC)C1. The van der Waals surface area contributed by atoms with Crippen LogP contribution in [0.3, 0.4) is 0 Å². The van der Waals surface area contributed by atoms with E-state index in [-0.39, 0.29) is 0 Å². The Morgan fingerprint density at radius 1 is 1.32 bits per heavy atom.